The second kappa shape index (κ2) is 11.4. The lowest BCUT2D eigenvalue weighted by atomic mass is 9.92. The average Bonchev–Trinajstić information content (AvgIpc) is 3.27. The molecule has 2 atom stereocenters. The minimum Gasteiger partial charge on any atom is -0.481 e. The molecule has 0 spiro atoms. The monoisotopic (exact) mass is 470 g/mol. The molecule has 1 aromatic heterocycles. The largest absolute Gasteiger partial charge is 0.481 e. The average molecular weight is 470 g/mol. The third-order valence-corrected chi connectivity index (χ3v) is 4.92. The topological polar surface area (TPSA) is 121 Å². The molecule has 3 N–H and O–H groups in total. The van der Waals surface area contributed by atoms with E-state index in [1.54, 1.807) is 24.3 Å². The normalized spacial score (nSPS) is 13.1. The number of halogens is 2. The van der Waals surface area contributed by atoms with Crippen LogP contribution in [-0.2, 0) is 11.3 Å². The van der Waals surface area contributed by atoms with Crippen LogP contribution in [0.1, 0.15) is 36.7 Å². The number of aromatic nitrogens is 4. The van der Waals surface area contributed by atoms with Gasteiger partial charge < -0.3 is 15.3 Å². The van der Waals surface area contributed by atoms with Crippen LogP contribution in [0.5, 0.6) is 0 Å². The molecule has 0 aliphatic rings. The van der Waals surface area contributed by atoms with Crippen molar-refractivity contribution in [2.75, 3.05) is 0 Å². The van der Waals surface area contributed by atoms with Gasteiger partial charge in [-0.1, -0.05) is 36.4 Å². The summed E-state index contributed by atoms with van der Waals surface area (Å²) in [5.74, 6) is -1.84. The first kappa shape index (κ1) is 24.9. The predicted molar refractivity (Wildman–Crippen MR) is 120 cm³/mol. The van der Waals surface area contributed by atoms with E-state index >= 15 is 0 Å². The van der Waals surface area contributed by atoms with Gasteiger partial charge in [0.25, 0.3) is 0 Å². The number of carboxylic acid groups (broad SMARTS) is 1. The Hall–Kier alpha value is -3.76. The van der Waals surface area contributed by atoms with E-state index < -0.39 is 36.2 Å². The molecule has 0 amide bonds. The zero-order chi connectivity index (χ0) is 24.7. The minimum absolute atomic E-state index is 0.201. The number of aliphatic hydroxyl groups excluding tert-OH is 2. The summed E-state index contributed by atoms with van der Waals surface area (Å²) >= 11 is 0. The van der Waals surface area contributed by atoms with Gasteiger partial charge in [0.1, 0.15) is 11.6 Å². The molecular weight excluding hydrogens is 446 g/mol. The zero-order valence-electron chi connectivity index (χ0n) is 18.3. The summed E-state index contributed by atoms with van der Waals surface area (Å²) in [6.07, 6.45) is -0.216. The molecule has 0 radical (unpaired) electrons. The highest BCUT2D eigenvalue weighted by molar-refractivity contribution is 6.00. The summed E-state index contributed by atoms with van der Waals surface area (Å²) in [6, 6.07) is 11.4. The van der Waals surface area contributed by atoms with Crippen molar-refractivity contribution in [2.24, 2.45) is 0 Å². The molecular formula is C24H24F2N4O4. The molecule has 0 saturated carbocycles. The number of rotatable bonds is 10. The summed E-state index contributed by atoms with van der Waals surface area (Å²) in [6.45, 7) is 2.29. The number of benzene rings is 2. The van der Waals surface area contributed by atoms with Gasteiger partial charge >= 0.3 is 5.97 Å². The van der Waals surface area contributed by atoms with E-state index in [4.69, 9.17) is 5.11 Å². The van der Waals surface area contributed by atoms with Crippen LogP contribution in [0.3, 0.4) is 0 Å². The van der Waals surface area contributed by atoms with E-state index in [0.717, 1.165) is 0 Å². The van der Waals surface area contributed by atoms with Crippen LogP contribution in [0.2, 0.25) is 0 Å². The van der Waals surface area contributed by atoms with Crippen molar-refractivity contribution in [1.82, 2.24) is 20.2 Å². The lowest BCUT2D eigenvalue weighted by Crippen LogP contribution is -2.19. The highest BCUT2D eigenvalue weighted by Gasteiger charge is 2.18. The fraction of sp³-hybridized carbons (Fsp3) is 0.250. The molecule has 0 fully saturated rings. The van der Waals surface area contributed by atoms with Gasteiger partial charge in [0.05, 0.1) is 25.2 Å². The van der Waals surface area contributed by atoms with Gasteiger partial charge in [0, 0.05) is 17.6 Å². The van der Waals surface area contributed by atoms with Crippen molar-refractivity contribution < 1.29 is 28.9 Å². The SMILES string of the molecule is CCn1nnc(C(/C=C/C(O)CC(O)CC(=O)O)=C(c2ccc(F)cc2)c2ccc(F)cc2)n1. The van der Waals surface area contributed by atoms with Crippen LogP contribution in [0.25, 0.3) is 11.1 Å². The minimum atomic E-state index is -1.24. The Kier molecular flexibility index (Phi) is 8.34. The predicted octanol–water partition coefficient (Wildman–Crippen LogP) is 3.07. The van der Waals surface area contributed by atoms with E-state index in [0.29, 0.717) is 28.8 Å². The van der Waals surface area contributed by atoms with Gasteiger partial charge in [-0.25, -0.2) is 8.78 Å². The number of hydrogen-bond acceptors (Lipinski definition) is 6. The number of hydrogen-bond donors (Lipinski definition) is 3. The molecule has 10 heteroatoms. The van der Waals surface area contributed by atoms with Gasteiger partial charge in [-0.2, -0.15) is 4.80 Å². The number of tetrazole rings is 1. The fourth-order valence-electron chi connectivity index (χ4n) is 3.31. The summed E-state index contributed by atoms with van der Waals surface area (Å²) < 4.78 is 27.3. The van der Waals surface area contributed by atoms with E-state index in [9.17, 15) is 23.8 Å². The molecule has 8 nitrogen and oxygen atoms in total. The lowest BCUT2D eigenvalue weighted by Gasteiger charge is -2.14. The number of aliphatic hydroxyl groups is 2. The molecule has 0 aliphatic carbocycles. The Morgan fingerprint density at radius 1 is 1.03 bits per heavy atom. The highest BCUT2D eigenvalue weighted by Crippen LogP contribution is 2.32. The Morgan fingerprint density at radius 2 is 1.59 bits per heavy atom. The summed E-state index contributed by atoms with van der Waals surface area (Å²) in [7, 11) is 0. The Bertz CT molecular complexity index is 1130. The Labute approximate surface area is 194 Å². The van der Waals surface area contributed by atoms with E-state index in [1.165, 1.54) is 41.2 Å². The second-order valence-corrected chi connectivity index (χ2v) is 7.52. The standard InChI is InChI=1S/C24H24F2N4O4/c1-2-30-28-24(27-29-30)21(12-11-19(31)13-20(32)14-22(33)34)23(15-3-7-17(25)8-4-15)16-5-9-18(26)10-6-16/h3-12,19-20,31-32H,2,13-14H2,1H3,(H,33,34)/b12-11+. The summed E-state index contributed by atoms with van der Waals surface area (Å²) in [5.41, 5.74) is 2.11. The molecule has 0 aliphatic heterocycles. The molecule has 34 heavy (non-hydrogen) atoms. The maximum absolute atomic E-state index is 13.6. The number of nitrogens with zero attached hydrogens (tertiary/aromatic N) is 4. The molecule has 2 aromatic carbocycles. The first-order valence-electron chi connectivity index (χ1n) is 10.6. The van der Waals surface area contributed by atoms with E-state index in [1.807, 2.05) is 6.92 Å². The van der Waals surface area contributed by atoms with Crippen molar-refractivity contribution >= 4 is 17.1 Å². The third-order valence-electron chi connectivity index (χ3n) is 4.92. The summed E-state index contributed by atoms with van der Waals surface area (Å²) in [4.78, 5) is 12.1. The van der Waals surface area contributed by atoms with Crippen molar-refractivity contribution in [3.05, 3.63) is 89.3 Å². The van der Waals surface area contributed by atoms with Gasteiger partial charge in [0.2, 0.25) is 5.82 Å². The van der Waals surface area contributed by atoms with Crippen molar-refractivity contribution in [2.45, 2.75) is 38.5 Å². The van der Waals surface area contributed by atoms with Crippen molar-refractivity contribution in [3.8, 4) is 0 Å². The maximum atomic E-state index is 13.6. The fourth-order valence-corrected chi connectivity index (χ4v) is 3.31. The lowest BCUT2D eigenvalue weighted by molar-refractivity contribution is -0.139. The molecule has 0 saturated heterocycles. The summed E-state index contributed by atoms with van der Waals surface area (Å²) in [5, 5.41) is 41.4. The van der Waals surface area contributed by atoms with Gasteiger partial charge in [-0.3, -0.25) is 4.79 Å². The Balaban J connectivity index is 2.14. The second-order valence-electron chi connectivity index (χ2n) is 7.52. The first-order chi connectivity index (χ1) is 16.3. The van der Waals surface area contributed by atoms with Crippen molar-refractivity contribution in [3.63, 3.8) is 0 Å². The van der Waals surface area contributed by atoms with Crippen molar-refractivity contribution in [1.29, 1.82) is 0 Å². The molecule has 2 unspecified atom stereocenters. The van der Waals surface area contributed by atoms with Crippen LogP contribution in [-0.4, -0.2) is 53.7 Å². The number of allylic oxidation sites excluding steroid dienone is 2. The first-order valence-corrected chi connectivity index (χ1v) is 10.6. The smallest absolute Gasteiger partial charge is 0.305 e. The van der Waals surface area contributed by atoms with E-state index in [2.05, 4.69) is 15.4 Å². The zero-order valence-corrected chi connectivity index (χ0v) is 18.3. The number of aryl methyl sites for hydroxylation is 1. The molecule has 1 heterocycles. The Morgan fingerprint density at radius 3 is 2.06 bits per heavy atom. The van der Waals surface area contributed by atoms with Gasteiger partial charge in [-0.15, -0.1) is 10.2 Å². The molecule has 178 valence electrons. The maximum Gasteiger partial charge on any atom is 0.305 e. The molecule has 3 rings (SSSR count). The van der Waals surface area contributed by atoms with Crippen LogP contribution in [0.4, 0.5) is 8.78 Å². The van der Waals surface area contributed by atoms with Crippen LogP contribution in [0, 0.1) is 11.6 Å². The highest BCUT2D eigenvalue weighted by atomic mass is 19.1. The van der Waals surface area contributed by atoms with Gasteiger partial charge in [0.15, 0.2) is 0 Å². The van der Waals surface area contributed by atoms with Crippen LogP contribution >= 0.6 is 0 Å². The third kappa shape index (κ3) is 6.63. The number of aliphatic carboxylic acids is 1. The number of carboxylic acids is 1. The molecule has 0 bridgehead atoms. The number of carbonyl (C=O) groups is 1. The molecule has 3 aromatic rings. The van der Waals surface area contributed by atoms with Crippen LogP contribution < -0.4 is 0 Å². The quantitative estimate of drug-likeness (QED) is 0.389. The van der Waals surface area contributed by atoms with Crippen LogP contribution in [0.15, 0.2) is 60.7 Å². The van der Waals surface area contributed by atoms with Gasteiger partial charge in [-0.05, 0) is 47.5 Å². The van der Waals surface area contributed by atoms with E-state index in [-0.39, 0.29) is 12.2 Å².